The summed E-state index contributed by atoms with van der Waals surface area (Å²) in [7, 11) is 0. The highest BCUT2D eigenvalue weighted by Gasteiger charge is 2.39. The molecule has 1 amide bonds. The lowest BCUT2D eigenvalue weighted by Crippen LogP contribution is -2.13. The molecule has 0 aliphatic heterocycles. The summed E-state index contributed by atoms with van der Waals surface area (Å²) < 4.78 is 4.37. The summed E-state index contributed by atoms with van der Waals surface area (Å²) in [5, 5.41) is 3.77. The lowest BCUT2D eigenvalue weighted by atomic mass is 10.1. The van der Waals surface area contributed by atoms with Gasteiger partial charge in [-0.2, -0.15) is 4.37 Å². The predicted molar refractivity (Wildman–Crippen MR) is 73.5 cm³/mol. The molecule has 0 spiro atoms. The van der Waals surface area contributed by atoms with Gasteiger partial charge >= 0.3 is 0 Å². The second-order valence-corrected chi connectivity index (χ2v) is 5.56. The van der Waals surface area contributed by atoms with E-state index < -0.39 is 0 Å². The van der Waals surface area contributed by atoms with Gasteiger partial charge in [0.1, 0.15) is 5.00 Å². The maximum absolute atomic E-state index is 11.8. The van der Waals surface area contributed by atoms with E-state index in [1.807, 2.05) is 36.4 Å². The molecule has 1 aromatic heterocycles. The SMILES string of the molecule is CC1C[C@H]1C(=O)Nc1cc(-c2ccccc2)ns1. The molecule has 1 aliphatic carbocycles. The van der Waals surface area contributed by atoms with Crippen molar-refractivity contribution >= 4 is 22.4 Å². The van der Waals surface area contributed by atoms with Crippen molar-refractivity contribution in [3.8, 4) is 11.3 Å². The summed E-state index contributed by atoms with van der Waals surface area (Å²) in [5.41, 5.74) is 1.99. The molecule has 1 fully saturated rings. The van der Waals surface area contributed by atoms with Crippen LogP contribution in [0.4, 0.5) is 5.00 Å². The van der Waals surface area contributed by atoms with Crippen LogP contribution in [0, 0.1) is 11.8 Å². The van der Waals surface area contributed by atoms with Crippen LogP contribution in [-0.4, -0.2) is 10.3 Å². The van der Waals surface area contributed by atoms with Crippen LogP contribution >= 0.6 is 11.5 Å². The topological polar surface area (TPSA) is 42.0 Å². The van der Waals surface area contributed by atoms with Crippen molar-refractivity contribution in [2.45, 2.75) is 13.3 Å². The normalized spacial score (nSPS) is 21.6. The molecule has 1 N–H and O–H groups in total. The highest BCUT2D eigenvalue weighted by atomic mass is 32.1. The quantitative estimate of drug-likeness (QED) is 0.916. The first-order chi connectivity index (χ1) is 8.74. The van der Waals surface area contributed by atoms with E-state index in [1.165, 1.54) is 11.5 Å². The number of benzene rings is 1. The molecule has 18 heavy (non-hydrogen) atoms. The number of amides is 1. The molecular weight excluding hydrogens is 244 g/mol. The van der Waals surface area contributed by atoms with Gasteiger partial charge in [0.25, 0.3) is 0 Å². The lowest BCUT2D eigenvalue weighted by molar-refractivity contribution is -0.117. The Kier molecular flexibility index (Phi) is 2.88. The standard InChI is InChI=1S/C14H14N2OS/c1-9-7-11(9)14(17)15-13-8-12(16-18-13)10-5-3-2-4-6-10/h2-6,8-9,11H,7H2,1H3,(H,15,17)/t9?,11-/m1/s1. The Bertz CT molecular complexity index is 564. The average molecular weight is 258 g/mol. The molecule has 2 aromatic rings. The van der Waals surface area contributed by atoms with Crippen molar-refractivity contribution in [3.63, 3.8) is 0 Å². The number of anilines is 1. The van der Waals surface area contributed by atoms with Crippen molar-refractivity contribution in [2.24, 2.45) is 11.8 Å². The van der Waals surface area contributed by atoms with Crippen molar-refractivity contribution in [1.29, 1.82) is 0 Å². The van der Waals surface area contributed by atoms with E-state index >= 15 is 0 Å². The van der Waals surface area contributed by atoms with Gasteiger partial charge in [-0.05, 0) is 23.9 Å². The molecule has 0 radical (unpaired) electrons. The first-order valence-electron chi connectivity index (χ1n) is 6.07. The highest BCUT2D eigenvalue weighted by molar-refractivity contribution is 7.10. The minimum absolute atomic E-state index is 0.130. The molecule has 0 bridgehead atoms. The smallest absolute Gasteiger partial charge is 0.228 e. The van der Waals surface area contributed by atoms with E-state index in [4.69, 9.17) is 0 Å². The fourth-order valence-electron chi connectivity index (χ4n) is 1.98. The lowest BCUT2D eigenvalue weighted by Gasteiger charge is -1.98. The van der Waals surface area contributed by atoms with E-state index in [9.17, 15) is 4.79 Å². The van der Waals surface area contributed by atoms with Crippen LogP contribution in [0.3, 0.4) is 0 Å². The van der Waals surface area contributed by atoms with Crippen LogP contribution < -0.4 is 5.32 Å². The Morgan fingerprint density at radius 3 is 2.78 bits per heavy atom. The number of carbonyl (C=O) groups is 1. The van der Waals surface area contributed by atoms with Crippen LogP contribution in [0.15, 0.2) is 36.4 Å². The molecule has 1 unspecified atom stereocenters. The van der Waals surface area contributed by atoms with Gasteiger partial charge < -0.3 is 5.32 Å². The number of nitrogens with one attached hydrogen (secondary N) is 1. The molecule has 1 heterocycles. The Balaban J connectivity index is 1.72. The van der Waals surface area contributed by atoms with Gasteiger partial charge in [-0.25, -0.2) is 0 Å². The van der Waals surface area contributed by atoms with E-state index in [0.717, 1.165) is 22.7 Å². The zero-order chi connectivity index (χ0) is 12.5. The molecule has 3 nitrogen and oxygen atoms in total. The molecule has 0 saturated heterocycles. The van der Waals surface area contributed by atoms with Crippen LogP contribution in [0.1, 0.15) is 13.3 Å². The number of rotatable bonds is 3. The number of nitrogens with zero attached hydrogens (tertiary/aromatic N) is 1. The number of hydrogen-bond acceptors (Lipinski definition) is 3. The Labute approximate surface area is 110 Å². The van der Waals surface area contributed by atoms with Gasteiger partial charge in [-0.1, -0.05) is 37.3 Å². The Morgan fingerprint density at radius 1 is 1.39 bits per heavy atom. The van der Waals surface area contributed by atoms with Gasteiger partial charge in [0.2, 0.25) is 5.91 Å². The first kappa shape index (κ1) is 11.4. The molecule has 2 atom stereocenters. The number of hydrogen-bond donors (Lipinski definition) is 1. The summed E-state index contributed by atoms with van der Waals surface area (Å²) in [5.74, 6) is 0.865. The van der Waals surface area contributed by atoms with E-state index in [2.05, 4.69) is 16.6 Å². The first-order valence-corrected chi connectivity index (χ1v) is 6.84. The zero-order valence-corrected chi connectivity index (χ0v) is 10.9. The van der Waals surface area contributed by atoms with Gasteiger partial charge in [-0.3, -0.25) is 4.79 Å². The number of aromatic nitrogens is 1. The largest absolute Gasteiger partial charge is 0.316 e. The van der Waals surface area contributed by atoms with Crippen LogP contribution in [-0.2, 0) is 4.79 Å². The molecular formula is C14H14N2OS. The van der Waals surface area contributed by atoms with Crippen molar-refractivity contribution < 1.29 is 4.79 Å². The van der Waals surface area contributed by atoms with Gasteiger partial charge in [0, 0.05) is 17.5 Å². The molecule has 1 aliphatic rings. The van der Waals surface area contributed by atoms with E-state index in [1.54, 1.807) is 0 Å². The summed E-state index contributed by atoms with van der Waals surface area (Å²) in [6.07, 6.45) is 1.01. The highest BCUT2D eigenvalue weighted by Crippen LogP contribution is 2.39. The van der Waals surface area contributed by atoms with Crippen molar-refractivity contribution in [2.75, 3.05) is 5.32 Å². The summed E-state index contributed by atoms with van der Waals surface area (Å²) in [6, 6.07) is 11.9. The molecule has 1 saturated carbocycles. The fraction of sp³-hybridized carbons (Fsp3) is 0.286. The third kappa shape index (κ3) is 2.29. The van der Waals surface area contributed by atoms with Gasteiger partial charge in [-0.15, -0.1) is 0 Å². The van der Waals surface area contributed by atoms with Gasteiger partial charge in [0.15, 0.2) is 0 Å². The average Bonchev–Trinajstić information content (AvgIpc) is 2.95. The predicted octanol–water partition coefficient (Wildman–Crippen LogP) is 3.40. The second-order valence-electron chi connectivity index (χ2n) is 4.75. The minimum atomic E-state index is 0.130. The Morgan fingerprint density at radius 2 is 2.11 bits per heavy atom. The monoisotopic (exact) mass is 258 g/mol. The van der Waals surface area contributed by atoms with Crippen LogP contribution in [0.25, 0.3) is 11.3 Å². The third-order valence-corrected chi connectivity index (χ3v) is 3.98. The van der Waals surface area contributed by atoms with Crippen LogP contribution in [0.5, 0.6) is 0 Å². The fourth-order valence-corrected chi connectivity index (χ4v) is 2.65. The van der Waals surface area contributed by atoms with Crippen LogP contribution in [0.2, 0.25) is 0 Å². The zero-order valence-electron chi connectivity index (χ0n) is 10.1. The Hall–Kier alpha value is -1.68. The molecule has 3 rings (SSSR count). The maximum atomic E-state index is 11.8. The third-order valence-electron chi connectivity index (χ3n) is 3.27. The number of carbonyl (C=O) groups excluding carboxylic acids is 1. The summed E-state index contributed by atoms with van der Waals surface area (Å²) in [4.78, 5) is 11.8. The summed E-state index contributed by atoms with van der Waals surface area (Å²) >= 11 is 1.34. The molecule has 4 heteroatoms. The van der Waals surface area contributed by atoms with E-state index in [0.29, 0.717) is 5.92 Å². The second kappa shape index (κ2) is 4.53. The summed E-state index contributed by atoms with van der Waals surface area (Å²) in [6.45, 7) is 2.10. The maximum Gasteiger partial charge on any atom is 0.228 e. The van der Waals surface area contributed by atoms with E-state index in [-0.39, 0.29) is 11.8 Å². The van der Waals surface area contributed by atoms with Crippen molar-refractivity contribution in [3.05, 3.63) is 36.4 Å². The van der Waals surface area contributed by atoms with Gasteiger partial charge in [0.05, 0.1) is 5.69 Å². The minimum Gasteiger partial charge on any atom is -0.316 e. The molecule has 1 aromatic carbocycles. The molecule has 92 valence electrons. The van der Waals surface area contributed by atoms with Crippen molar-refractivity contribution in [1.82, 2.24) is 4.37 Å².